The zero-order valence-electron chi connectivity index (χ0n) is 11.1. The van der Waals surface area contributed by atoms with Crippen LogP contribution in [-0.2, 0) is 0 Å². The van der Waals surface area contributed by atoms with E-state index in [0.29, 0.717) is 16.3 Å². The first-order valence-corrected chi connectivity index (χ1v) is 6.85. The van der Waals surface area contributed by atoms with Gasteiger partial charge in [0.1, 0.15) is 5.82 Å². The summed E-state index contributed by atoms with van der Waals surface area (Å²) in [5.74, 6) is 5.23. The Morgan fingerprint density at radius 2 is 2.00 bits per heavy atom. The minimum atomic E-state index is -0.472. The summed E-state index contributed by atoms with van der Waals surface area (Å²) in [7, 11) is 0. The maximum Gasteiger partial charge on any atom is 0.124 e. The smallest absolute Gasteiger partial charge is 0.124 e. The molecule has 0 radical (unpaired) electrons. The van der Waals surface area contributed by atoms with Crippen molar-refractivity contribution in [2.45, 2.75) is 25.9 Å². The molecule has 0 saturated heterocycles. The van der Waals surface area contributed by atoms with Crippen LogP contribution in [0.4, 0.5) is 4.39 Å². The third-order valence-corrected chi connectivity index (χ3v) is 3.61. The van der Waals surface area contributed by atoms with E-state index in [2.05, 4.69) is 10.5 Å². The predicted octanol–water partition coefficient (Wildman–Crippen LogP) is 3.46. The quantitative estimate of drug-likeness (QED) is 0.671. The Morgan fingerprint density at radius 1 is 1.30 bits per heavy atom. The molecule has 0 bridgehead atoms. The molecule has 0 spiro atoms. The zero-order chi connectivity index (χ0) is 14.9. The van der Waals surface area contributed by atoms with Gasteiger partial charge >= 0.3 is 0 Å². The highest BCUT2D eigenvalue weighted by atomic mass is 35.5. The normalized spacial score (nSPS) is 12.9. The van der Waals surface area contributed by atoms with Gasteiger partial charge in [0, 0.05) is 11.1 Å². The SMILES string of the molecule is CC(C)n1ncc(Cl)c1C(NN)c1ccc(F)cc1Cl. The number of halogens is 3. The molecule has 1 atom stereocenters. The molecule has 0 aliphatic rings. The molecule has 1 aromatic carbocycles. The summed E-state index contributed by atoms with van der Waals surface area (Å²) >= 11 is 12.3. The lowest BCUT2D eigenvalue weighted by Crippen LogP contribution is -2.31. The number of rotatable bonds is 4. The van der Waals surface area contributed by atoms with Crippen molar-refractivity contribution < 1.29 is 4.39 Å². The van der Waals surface area contributed by atoms with Gasteiger partial charge in [-0.15, -0.1) is 0 Å². The second-order valence-electron chi connectivity index (χ2n) is 4.68. The monoisotopic (exact) mass is 316 g/mol. The molecule has 0 amide bonds. The van der Waals surface area contributed by atoms with Crippen LogP contribution in [0.1, 0.15) is 37.2 Å². The van der Waals surface area contributed by atoms with Gasteiger partial charge in [-0.1, -0.05) is 29.3 Å². The van der Waals surface area contributed by atoms with E-state index in [0.717, 1.165) is 0 Å². The maximum atomic E-state index is 13.2. The highest BCUT2D eigenvalue weighted by molar-refractivity contribution is 6.32. The van der Waals surface area contributed by atoms with Crippen molar-refractivity contribution in [3.8, 4) is 0 Å². The highest BCUT2D eigenvalue weighted by Crippen LogP contribution is 2.33. The number of nitrogens with zero attached hydrogens (tertiary/aromatic N) is 2. The number of hydrazine groups is 1. The number of nitrogens with one attached hydrogen (secondary N) is 1. The Hall–Kier alpha value is -1.14. The summed E-state index contributed by atoms with van der Waals surface area (Å²) in [5, 5.41) is 4.98. The van der Waals surface area contributed by atoms with Crippen molar-refractivity contribution >= 4 is 23.2 Å². The molecule has 20 heavy (non-hydrogen) atoms. The fraction of sp³-hybridized carbons (Fsp3) is 0.308. The molecule has 7 heteroatoms. The first kappa shape index (κ1) is 15.3. The van der Waals surface area contributed by atoms with E-state index in [9.17, 15) is 4.39 Å². The Kier molecular flexibility index (Phi) is 4.65. The fourth-order valence-corrected chi connectivity index (χ4v) is 2.60. The Balaban J connectivity index is 2.55. The molecule has 3 N–H and O–H groups in total. The molecule has 0 saturated carbocycles. The molecule has 2 aromatic rings. The number of nitrogens with two attached hydrogens (primary N) is 1. The van der Waals surface area contributed by atoms with Gasteiger partial charge in [0.15, 0.2) is 0 Å². The first-order chi connectivity index (χ1) is 9.45. The Labute approximate surface area is 126 Å². The van der Waals surface area contributed by atoms with E-state index in [1.54, 1.807) is 16.9 Å². The van der Waals surface area contributed by atoms with E-state index >= 15 is 0 Å². The van der Waals surface area contributed by atoms with Gasteiger partial charge in [-0.3, -0.25) is 10.5 Å². The number of hydrogen-bond donors (Lipinski definition) is 2. The summed E-state index contributed by atoms with van der Waals surface area (Å²) in [4.78, 5) is 0. The predicted molar refractivity (Wildman–Crippen MR) is 78.2 cm³/mol. The standard InChI is InChI=1S/C13H15Cl2FN4/c1-7(2)20-13(11(15)6-18-20)12(19-17)9-4-3-8(16)5-10(9)14/h3-7,12,19H,17H2,1-2H3. The van der Waals surface area contributed by atoms with Gasteiger partial charge in [-0.2, -0.15) is 5.10 Å². The van der Waals surface area contributed by atoms with Crippen molar-refractivity contribution in [3.05, 3.63) is 51.5 Å². The molecule has 0 aliphatic carbocycles. The third kappa shape index (κ3) is 2.81. The number of hydrogen-bond acceptors (Lipinski definition) is 3. The van der Waals surface area contributed by atoms with Crippen molar-refractivity contribution in [1.82, 2.24) is 15.2 Å². The van der Waals surface area contributed by atoms with Gasteiger partial charge in [0.25, 0.3) is 0 Å². The number of benzene rings is 1. The summed E-state index contributed by atoms with van der Waals surface area (Å²) in [6, 6.07) is 3.78. The first-order valence-electron chi connectivity index (χ1n) is 6.09. The Bertz CT molecular complexity index is 612. The van der Waals surface area contributed by atoms with Crippen LogP contribution < -0.4 is 11.3 Å². The van der Waals surface area contributed by atoms with E-state index in [4.69, 9.17) is 29.0 Å². The molecule has 108 valence electrons. The van der Waals surface area contributed by atoms with E-state index in [1.165, 1.54) is 12.1 Å². The molecular weight excluding hydrogens is 302 g/mol. The lowest BCUT2D eigenvalue weighted by molar-refractivity contribution is 0.476. The minimum absolute atomic E-state index is 0.104. The lowest BCUT2D eigenvalue weighted by Gasteiger charge is -2.21. The summed E-state index contributed by atoms with van der Waals surface area (Å²) in [5.41, 5.74) is 4.00. The molecule has 0 aliphatic heterocycles. The average Bonchev–Trinajstić information content (AvgIpc) is 2.75. The average molecular weight is 317 g/mol. The van der Waals surface area contributed by atoms with Crippen molar-refractivity contribution in [3.63, 3.8) is 0 Å². The second kappa shape index (κ2) is 6.10. The van der Waals surface area contributed by atoms with Crippen LogP contribution in [0, 0.1) is 5.82 Å². The van der Waals surface area contributed by atoms with E-state index in [-0.39, 0.29) is 11.1 Å². The molecule has 1 aromatic heterocycles. The van der Waals surface area contributed by atoms with Crippen molar-refractivity contribution in [1.29, 1.82) is 0 Å². The summed E-state index contributed by atoms with van der Waals surface area (Å²) < 4.78 is 14.9. The van der Waals surface area contributed by atoms with Crippen LogP contribution >= 0.6 is 23.2 Å². The van der Waals surface area contributed by atoms with Gasteiger partial charge in [-0.05, 0) is 31.5 Å². The molecule has 2 rings (SSSR count). The van der Waals surface area contributed by atoms with Crippen LogP contribution in [0.5, 0.6) is 0 Å². The minimum Gasteiger partial charge on any atom is -0.271 e. The van der Waals surface area contributed by atoms with Crippen LogP contribution in [0.15, 0.2) is 24.4 Å². The van der Waals surface area contributed by atoms with Crippen LogP contribution in [0.25, 0.3) is 0 Å². The molecular formula is C13H15Cl2FN4. The van der Waals surface area contributed by atoms with Crippen LogP contribution in [0.3, 0.4) is 0 Å². The van der Waals surface area contributed by atoms with E-state index in [1.807, 2.05) is 13.8 Å². The lowest BCUT2D eigenvalue weighted by atomic mass is 10.0. The van der Waals surface area contributed by atoms with Crippen molar-refractivity contribution in [2.75, 3.05) is 0 Å². The Morgan fingerprint density at radius 3 is 2.55 bits per heavy atom. The molecule has 4 nitrogen and oxygen atoms in total. The third-order valence-electron chi connectivity index (χ3n) is 2.99. The largest absolute Gasteiger partial charge is 0.271 e. The van der Waals surface area contributed by atoms with Gasteiger partial charge in [-0.25, -0.2) is 9.82 Å². The summed E-state index contributed by atoms with van der Waals surface area (Å²) in [6.07, 6.45) is 1.55. The highest BCUT2D eigenvalue weighted by Gasteiger charge is 2.24. The van der Waals surface area contributed by atoms with Crippen molar-refractivity contribution in [2.24, 2.45) is 5.84 Å². The van der Waals surface area contributed by atoms with Gasteiger partial charge in [0.05, 0.1) is 23.0 Å². The number of aromatic nitrogens is 2. The zero-order valence-corrected chi connectivity index (χ0v) is 12.6. The topological polar surface area (TPSA) is 55.9 Å². The fourth-order valence-electron chi connectivity index (χ4n) is 2.08. The maximum absolute atomic E-state index is 13.2. The van der Waals surface area contributed by atoms with E-state index < -0.39 is 11.9 Å². The van der Waals surface area contributed by atoms with Crippen LogP contribution in [-0.4, -0.2) is 9.78 Å². The molecule has 1 heterocycles. The second-order valence-corrected chi connectivity index (χ2v) is 5.50. The van der Waals surface area contributed by atoms with Gasteiger partial charge < -0.3 is 0 Å². The molecule has 0 fully saturated rings. The van der Waals surface area contributed by atoms with Crippen LogP contribution in [0.2, 0.25) is 10.0 Å². The van der Waals surface area contributed by atoms with Gasteiger partial charge in [0.2, 0.25) is 0 Å². The molecule has 1 unspecified atom stereocenters. The summed E-state index contributed by atoms with van der Waals surface area (Å²) in [6.45, 7) is 3.96.